The highest BCUT2D eigenvalue weighted by Crippen LogP contribution is 2.28. The van der Waals surface area contributed by atoms with Gasteiger partial charge in [-0.3, -0.25) is 0 Å². The van der Waals surface area contributed by atoms with Gasteiger partial charge in [0.15, 0.2) is 5.16 Å². The van der Waals surface area contributed by atoms with Gasteiger partial charge in [0.05, 0.1) is 12.8 Å². The maximum atomic E-state index is 5.19. The number of thiazole rings is 1. The van der Waals surface area contributed by atoms with E-state index in [0.29, 0.717) is 0 Å². The van der Waals surface area contributed by atoms with Crippen molar-refractivity contribution >= 4 is 23.1 Å². The zero-order chi connectivity index (χ0) is 17.1. The van der Waals surface area contributed by atoms with Crippen molar-refractivity contribution in [2.75, 3.05) is 7.11 Å². The number of ether oxygens (including phenoxy) is 1. The van der Waals surface area contributed by atoms with Gasteiger partial charge in [0.2, 0.25) is 0 Å². The molecule has 0 saturated heterocycles. The molecule has 1 aromatic carbocycles. The molecule has 0 aliphatic heterocycles. The zero-order valence-electron chi connectivity index (χ0n) is 14.2. The van der Waals surface area contributed by atoms with Crippen LogP contribution in [-0.2, 0) is 5.75 Å². The quantitative estimate of drug-likeness (QED) is 0.484. The Morgan fingerprint density at radius 3 is 2.29 bits per heavy atom. The summed E-state index contributed by atoms with van der Waals surface area (Å²) in [5, 5.41) is 3.93. The summed E-state index contributed by atoms with van der Waals surface area (Å²) in [5.41, 5.74) is 5.41. The summed E-state index contributed by atoms with van der Waals surface area (Å²) in [6.45, 7) is 6.11. The molecular weight excluding hydrogens is 338 g/mol. The van der Waals surface area contributed by atoms with Gasteiger partial charge < -0.3 is 4.74 Å². The van der Waals surface area contributed by atoms with Crippen LogP contribution in [0.15, 0.2) is 34.8 Å². The molecule has 0 fully saturated rings. The Bertz CT molecular complexity index is 821. The Morgan fingerprint density at radius 1 is 1.00 bits per heavy atom. The van der Waals surface area contributed by atoms with Crippen LogP contribution in [0.2, 0.25) is 0 Å². The number of nitrogens with zero attached hydrogens (tertiary/aromatic N) is 3. The molecule has 124 valence electrons. The van der Waals surface area contributed by atoms with Gasteiger partial charge >= 0.3 is 0 Å². The first-order valence-electron chi connectivity index (χ1n) is 7.60. The average molecular weight is 358 g/mol. The van der Waals surface area contributed by atoms with Crippen molar-refractivity contribution in [1.29, 1.82) is 0 Å². The van der Waals surface area contributed by atoms with Crippen LogP contribution in [0.5, 0.6) is 5.75 Å². The third-order valence-corrected chi connectivity index (χ3v) is 5.67. The summed E-state index contributed by atoms with van der Waals surface area (Å²) < 4.78 is 5.19. The summed E-state index contributed by atoms with van der Waals surface area (Å²) in [6.07, 6.45) is 0. The van der Waals surface area contributed by atoms with E-state index >= 15 is 0 Å². The molecule has 2 aromatic heterocycles. The van der Waals surface area contributed by atoms with Gasteiger partial charge in [-0.05, 0) is 50.6 Å². The topological polar surface area (TPSA) is 47.9 Å². The standard InChI is InChI=1S/C18H19N3OS2/c1-11-12(2)19-18(20-13(11)3)24-10-15-9-23-17(21-15)14-5-7-16(22-4)8-6-14/h5-9H,10H2,1-4H3. The summed E-state index contributed by atoms with van der Waals surface area (Å²) in [6, 6.07) is 7.97. The van der Waals surface area contributed by atoms with E-state index in [4.69, 9.17) is 9.72 Å². The van der Waals surface area contributed by atoms with Crippen LogP contribution >= 0.6 is 23.1 Å². The maximum absolute atomic E-state index is 5.19. The predicted octanol–water partition coefficient (Wildman–Crippen LogP) is 4.83. The molecule has 0 aliphatic rings. The molecule has 0 atom stereocenters. The van der Waals surface area contributed by atoms with Crippen LogP contribution in [0.4, 0.5) is 0 Å². The average Bonchev–Trinajstić information content (AvgIpc) is 3.07. The molecule has 0 unspecified atom stereocenters. The second-order valence-corrected chi connectivity index (χ2v) is 7.26. The molecule has 24 heavy (non-hydrogen) atoms. The lowest BCUT2D eigenvalue weighted by atomic mass is 10.2. The minimum absolute atomic E-state index is 0.772. The normalized spacial score (nSPS) is 10.8. The van der Waals surface area contributed by atoms with Crippen molar-refractivity contribution in [3.05, 3.63) is 52.3 Å². The van der Waals surface area contributed by atoms with Crippen LogP contribution in [0, 0.1) is 20.8 Å². The maximum Gasteiger partial charge on any atom is 0.188 e. The number of rotatable bonds is 5. The molecule has 0 amide bonds. The van der Waals surface area contributed by atoms with Gasteiger partial charge in [-0.1, -0.05) is 11.8 Å². The summed E-state index contributed by atoms with van der Waals surface area (Å²) in [7, 11) is 1.67. The molecular formula is C18H19N3OS2. The molecule has 0 radical (unpaired) electrons. The third kappa shape index (κ3) is 3.76. The van der Waals surface area contributed by atoms with E-state index in [1.165, 1.54) is 0 Å². The second-order valence-electron chi connectivity index (χ2n) is 5.46. The fourth-order valence-corrected chi connectivity index (χ4v) is 3.94. The fourth-order valence-electron chi connectivity index (χ4n) is 2.18. The third-order valence-electron chi connectivity index (χ3n) is 3.85. The van der Waals surface area contributed by atoms with Crippen LogP contribution in [0.25, 0.3) is 10.6 Å². The summed E-state index contributed by atoms with van der Waals surface area (Å²) in [4.78, 5) is 13.8. The smallest absolute Gasteiger partial charge is 0.188 e. The van der Waals surface area contributed by atoms with Gasteiger partial charge in [-0.15, -0.1) is 11.3 Å². The van der Waals surface area contributed by atoms with Crippen LogP contribution in [0.1, 0.15) is 22.6 Å². The lowest BCUT2D eigenvalue weighted by molar-refractivity contribution is 0.415. The molecule has 0 spiro atoms. The molecule has 0 saturated carbocycles. The van der Waals surface area contributed by atoms with Gasteiger partial charge in [0, 0.05) is 28.1 Å². The highest BCUT2D eigenvalue weighted by atomic mass is 32.2. The fraction of sp³-hybridized carbons (Fsp3) is 0.278. The van der Waals surface area contributed by atoms with E-state index in [2.05, 4.69) is 22.3 Å². The Morgan fingerprint density at radius 2 is 1.67 bits per heavy atom. The van der Waals surface area contributed by atoms with E-state index in [9.17, 15) is 0 Å². The monoisotopic (exact) mass is 357 g/mol. The van der Waals surface area contributed by atoms with Crippen molar-refractivity contribution in [2.24, 2.45) is 0 Å². The Labute approximate surface area is 150 Å². The van der Waals surface area contributed by atoms with E-state index in [-0.39, 0.29) is 0 Å². The van der Waals surface area contributed by atoms with Gasteiger partial charge in [-0.25, -0.2) is 15.0 Å². The molecule has 2 heterocycles. The van der Waals surface area contributed by atoms with Crippen molar-refractivity contribution < 1.29 is 4.74 Å². The minimum Gasteiger partial charge on any atom is -0.497 e. The molecule has 0 aliphatic carbocycles. The number of methoxy groups -OCH3 is 1. The first-order chi connectivity index (χ1) is 11.6. The molecule has 0 N–H and O–H groups in total. The van der Waals surface area contributed by atoms with Crippen LogP contribution < -0.4 is 4.74 Å². The van der Waals surface area contributed by atoms with E-state index < -0.39 is 0 Å². The van der Waals surface area contributed by atoms with Crippen LogP contribution in [0.3, 0.4) is 0 Å². The van der Waals surface area contributed by atoms with Crippen molar-refractivity contribution in [2.45, 2.75) is 31.7 Å². The Balaban J connectivity index is 1.70. The molecule has 3 rings (SSSR count). The second kappa shape index (κ2) is 7.32. The van der Waals surface area contributed by atoms with Gasteiger partial charge in [-0.2, -0.15) is 0 Å². The number of thioether (sulfide) groups is 1. The number of aromatic nitrogens is 3. The number of aryl methyl sites for hydroxylation is 2. The zero-order valence-corrected chi connectivity index (χ0v) is 15.8. The summed E-state index contributed by atoms with van der Waals surface area (Å²) in [5.74, 6) is 1.63. The Hall–Kier alpha value is -1.92. The molecule has 0 bridgehead atoms. The molecule has 4 nitrogen and oxygen atoms in total. The predicted molar refractivity (Wildman–Crippen MR) is 99.9 cm³/mol. The first kappa shape index (κ1) is 16.9. The SMILES string of the molecule is COc1ccc(-c2nc(CSc3nc(C)c(C)c(C)n3)cs2)cc1. The number of hydrogen-bond acceptors (Lipinski definition) is 6. The highest BCUT2D eigenvalue weighted by Gasteiger charge is 2.09. The van der Waals surface area contributed by atoms with Crippen molar-refractivity contribution in [3.63, 3.8) is 0 Å². The highest BCUT2D eigenvalue weighted by molar-refractivity contribution is 7.98. The van der Waals surface area contributed by atoms with Crippen molar-refractivity contribution in [3.8, 4) is 16.3 Å². The summed E-state index contributed by atoms with van der Waals surface area (Å²) >= 11 is 3.28. The van der Waals surface area contributed by atoms with Gasteiger partial charge in [0.1, 0.15) is 10.8 Å². The van der Waals surface area contributed by atoms with Crippen LogP contribution in [-0.4, -0.2) is 22.1 Å². The van der Waals surface area contributed by atoms with Crippen molar-refractivity contribution in [1.82, 2.24) is 15.0 Å². The molecule has 3 aromatic rings. The van der Waals surface area contributed by atoms with E-state index in [0.717, 1.165) is 49.9 Å². The first-order valence-corrected chi connectivity index (χ1v) is 9.47. The van der Waals surface area contributed by atoms with E-state index in [1.807, 2.05) is 38.1 Å². The molecule has 6 heteroatoms. The minimum atomic E-state index is 0.772. The largest absolute Gasteiger partial charge is 0.497 e. The lowest BCUT2D eigenvalue weighted by Crippen LogP contribution is -1.98. The number of hydrogen-bond donors (Lipinski definition) is 0. The number of benzene rings is 1. The lowest BCUT2D eigenvalue weighted by Gasteiger charge is -2.05. The Kier molecular flexibility index (Phi) is 5.16. The van der Waals surface area contributed by atoms with E-state index in [1.54, 1.807) is 30.2 Å². The van der Waals surface area contributed by atoms with Gasteiger partial charge in [0.25, 0.3) is 0 Å².